The van der Waals surface area contributed by atoms with E-state index in [0.29, 0.717) is 5.56 Å². The van der Waals surface area contributed by atoms with Crippen LogP contribution in [-0.4, -0.2) is 22.7 Å². The second-order valence-electron chi connectivity index (χ2n) is 4.98. The number of hydrogen-bond acceptors (Lipinski definition) is 3. The topological polar surface area (TPSA) is 44.1 Å². The SMILES string of the molecule is COc1ccc(C=CC(=O)c2cnn(-c3ccccc3)c2)cc1. The summed E-state index contributed by atoms with van der Waals surface area (Å²) in [6, 6.07) is 17.2. The largest absolute Gasteiger partial charge is 0.497 e. The molecule has 0 amide bonds. The van der Waals surface area contributed by atoms with Crippen molar-refractivity contribution in [3.8, 4) is 11.4 Å². The summed E-state index contributed by atoms with van der Waals surface area (Å²) >= 11 is 0. The van der Waals surface area contributed by atoms with Crippen molar-refractivity contribution in [2.75, 3.05) is 7.11 Å². The maximum Gasteiger partial charge on any atom is 0.189 e. The molecule has 0 unspecified atom stereocenters. The van der Waals surface area contributed by atoms with Crippen molar-refractivity contribution in [1.29, 1.82) is 0 Å². The average molecular weight is 304 g/mol. The fourth-order valence-corrected chi connectivity index (χ4v) is 2.16. The van der Waals surface area contributed by atoms with Crippen LogP contribution in [-0.2, 0) is 0 Å². The standard InChI is InChI=1S/C19H16N2O2/c1-23-18-10-7-15(8-11-18)9-12-19(22)16-13-20-21(14-16)17-5-3-2-4-6-17/h2-14H,1H3. The lowest BCUT2D eigenvalue weighted by atomic mass is 10.1. The number of hydrogen-bond donors (Lipinski definition) is 0. The summed E-state index contributed by atoms with van der Waals surface area (Å²) < 4.78 is 6.80. The molecule has 0 aliphatic carbocycles. The maximum atomic E-state index is 12.2. The third-order valence-corrected chi connectivity index (χ3v) is 3.43. The van der Waals surface area contributed by atoms with Gasteiger partial charge in [-0.25, -0.2) is 4.68 Å². The van der Waals surface area contributed by atoms with Crippen molar-refractivity contribution in [2.45, 2.75) is 0 Å². The highest BCUT2D eigenvalue weighted by molar-refractivity contribution is 6.06. The fraction of sp³-hybridized carbons (Fsp3) is 0.0526. The molecule has 0 aliphatic rings. The van der Waals surface area contributed by atoms with E-state index in [9.17, 15) is 4.79 Å². The zero-order chi connectivity index (χ0) is 16.1. The second-order valence-corrected chi connectivity index (χ2v) is 4.98. The number of aromatic nitrogens is 2. The molecular weight excluding hydrogens is 288 g/mol. The van der Waals surface area contributed by atoms with E-state index in [1.54, 1.807) is 36.3 Å². The quantitative estimate of drug-likeness (QED) is 0.532. The van der Waals surface area contributed by atoms with Gasteiger partial charge in [-0.2, -0.15) is 5.10 Å². The minimum Gasteiger partial charge on any atom is -0.497 e. The van der Waals surface area contributed by atoms with Crippen LogP contribution in [0.5, 0.6) is 5.75 Å². The van der Waals surface area contributed by atoms with Crippen LogP contribution in [0.15, 0.2) is 73.1 Å². The molecular formula is C19H16N2O2. The van der Waals surface area contributed by atoms with E-state index in [2.05, 4.69) is 5.10 Å². The number of allylic oxidation sites excluding steroid dienone is 1. The summed E-state index contributed by atoms with van der Waals surface area (Å²) in [5, 5.41) is 4.23. The van der Waals surface area contributed by atoms with Crippen LogP contribution in [0.1, 0.15) is 15.9 Å². The average Bonchev–Trinajstić information content (AvgIpc) is 3.11. The van der Waals surface area contributed by atoms with E-state index in [1.165, 1.54) is 0 Å². The summed E-state index contributed by atoms with van der Waals surface area (Å²) in [6.45, 7) is 0. The lowest BCUT2D eigenvalue weighted by molar-refractivity contribution is 0.104. The second kappa shape index (κ2) is 6.75. The molecule has 1 aromatic heterocycles. The van der Waals surface area contributed by atoms with Crippen LogP contribution < -0.4 is 4.74 Å². The summed E-state index contributed by atoms with van der Waals surface area (Å²) in [6.07, 6.45) is 6.64. The van der Waals surface area contributed by atoms with E-state index in [1.807, 2.05) is 54.6 Å². The number of rotatable bonds is 5. The van der Waals surface area contributed by atoms with E-state index in [4.69, 9.17) is 4.74 Å². The third-order valence-electron chi connectivity index (χ3n) is 3.43. The highest BCUT2D eigenvalue weighted by Crippen LogP contribution is 2.13. The first-order valence-corrected chi connectivity index (χ1v) is 7.23. The van der Waals surface area contributed by atoms with Gasteiger partial charge in [0.05, 0.1) is 24.6 Å². The van der Waals surface area contributed by atoms with Crippen molar-refractivity contribution in [3.63, 3.8) is 0 Å². The van der Waals surface area contributed by atoms with E-state index >= 15 is 0 Å². The number of methoxy groups -OCH3 is 1. The predicted molar refractivity (Wildman–Crippen MR) is 89.9 cm³/mol. The van der Waals surface area contributed by atoms with E-state index in [0.717, 1.165) is 17.0 Å². The number of para-hydroxylation sites is 1. The van der Waals surface area contributed by atoms with Crippen molar-refractivity contribution in [1.82, 2.24) is 9.78 Å². The van der Waals surface area contributed by atoms with Gasteiger partial charge in [-0.05, 0) is 35.9 Å². The molecule has 4 heteroatoms. The molecule has 0 fully saturated rings. The molecule has 0 aliphatic heterocycles. The Labute approximate surface area is 134 Å². The Bertz CT molecular complexity index is 818. The first-order valence-electron chi connectivity index (χ1n) is 7.23. The summed E-state index contributed by atoms with van der Waals surface area (Å²) in [5.74, 6) is 0.709. The number of ketones is 1. The van der Waals surface area contributed by atoms with Gasteiger partial charge >= 0.3 is 0 Å². The zero-order valence-electron chi connectivity index (χ0n) is 12.7. The van der Waals surface area contributed by atoms with Gasteiger partial charge in [0.2, 0.25) is 0 Å². The third kappa shape index (κ3) is 3.55. The number of nitrogens with zero attached hydrogens (tertiary/aromatic N) is 2. The number of carbonyl (C=O) groups excluding carboxylic acids is 1. The lowest BCUT2D eigenvalue weighted by Crippen LogP contribution is -1.94. The molecule has 2 aromatic carbocycles. The van der Waals surface area contributed by atoms with Crippen LogP contribution >= 0.6 is 0 Å². The van der Waals surface area contributed by atoms with Crippen molar-refractivity contribution >= 4 is 11.9 Å². The molecule has 4 nitrogen and oxygen atoms in total. The Morgan fingerprint density at radius 3 is 2.52 bits per heavy atom. The minimum atomic E-state index is -0.0806. The van der Waals surface area contributed by atoms with E-state index < -0.39 is 0 Å². The predicted octanol–water partition coefficient (Wildman–Crippen LogP) is 3.78. The van der Waals surface area contributed by atoms with Gasteiger partial charge in [-0.15, -0.1) is 0 Å². The highest BCUT2D eigenvalue weighted by Gasteiger charge is 2.06. The first kappa shape index (κ1) is 14.8. The number of carbonyl (C=O) groups is 1. The fourth-order valence-electron chi connectivity index (χ4n) is 2.16. The van der Waals surface area contributed by atoms with Gasteiger partial charge in [0.25, 0.3) is 0 Å². The number of ether oxygens (including phenoxy) is 1. The smallest absolute Gasteiger partial charge is 0.189 e. The molecule has 3 rings (SSSR count). The lowest BCUT2D eigenvalue weighted by Gasteiger charge is -1.99. The molecule has 0 atom stereocenters. The Morgan fingerprint density at radius 1 is 1.09 bits per heavy atom. The zero-order valence-corrected chi connectivity index (χ0v) is 12.7. The Morgan fingerprint density at radius 2 is 1.83 bits per heavy atom. The molecule has 0 bridgehead atoms. The summed E-state index contributed by atoms with van der Waals surface area (Å²) in [7, 11) is 1.62. The van der Waals surface area contributed by atoms with Gasteiger partial charge in [0, 0.05) is 6.20 Å². The monoisotopic (exact) mass is 304 g/mol. The van der Waals surface area contributed by atoms with E-state index in [-0.39, 0.29) is 5.78 Å². The first-order chi connectivity index (χ1) is 11.3. The van der Waals surface area contributed by atoms with Crippen LogP contribution in [0, 0.1) is 0 Å². The van der Waals surface area contributed by atoms with Crippen molar-refractivity contribution in [3.05, 3.63) is 84.2 Å². The highest BCUT2D eigenvalue weighted by atomic mass is 16.5. The van der Waals surface area contributed by atoms with Gasteiger partial charge in [0.15, 0.2) is 5.78 Å². The normalized spacial score (nSPS) is 10.8. The van der Waals surface area contributed by atoms with Gasteiger partial charge in [0.1, 0.15) is 5.75 Å². The van der Waals surface area contributed by atoms with Crippen LogP contribution in [0.25, 0.3) is 11.8 Å². The molecule has 3 aromatic rings. The van der Waals surface area contributed by atoms with Crippen molar-refractivity contribution < 1.29 is 9.53 Å². The van der Waals surface area contributed by atoms with Crippen LogP contribution in [0.3, 0.4) is 0 Å². The molecule has 0 saturated carbocycles. The van der Waals surface area contributed by atoms with Gasteiger partial charge in [-0.3, -0.25) is 4.79 Å². The Kier molecular flexibility index (Phi) is 4.34. The molecule has 23 heavy (non-hydrogen) atoms. The minimum absolute atomic E-state index is 0.0806. The van der Waals surface area contributed by atoms with Gasteiger partial charge < -0.3 is 4.74 Å². The molecule has 1 heterocycles. The Balaban J connectivity index is 1.73. The van der Waals surface area contributed by atoms with Gasteiger partial charge in [-0.1, -0.05) is 36.4 Å². The molecule has 114 valence electrons. The molecule has 0 spiro atoms. The summed E-state index contributed by atoms with van der Waals surface area (Å²) in [4.78, 5) is 12.2. The van der Waals surface area contributed by atoms with Crippen LogP contribution in [0.2, 0.25) is 0 Å². The maximum absolute atomic E-state index is 12.2. The molecule has 0 saturated heterocycles. The van der Waals surface area contributed by atoms with Crippen molar-refractivity contribution in [2.24, 2.45) is 0 Å². The number of benzene rings is 2. The molecule has 0 radical (unpaired) electrons. The molecule has 0 N–H and O–H groups in total. The van der Waals surface area contributed by atoms with Crippen LogP contribution in [0.4, 0.5) is 0 Å². The Hall–Kier alpha value is -3.14. The summed E-state index contributed by atoms with van der Waals surface area (Å²) in [5.41, 5.74) is 2.42.